The van der Waals surface area contributed by atoms with Gasteiger partial charge in [-0.05, 0) is 42.7 Å². The van der Waals surface area contributed by atoms with Gasteiger partial charge < -0.3 is 0 Å². The van der Waals surface area contributed by atoms with Crippen LogP contribution in [0.15, 0.2) is 109 Å². The standard InChI is InChI=1S/C24H24N6O/c1-17-22(23(31)30(29-17)19-12-8-5-9-13-19)28-26-20-14-15-24(2,3)16-21(20)27-25-18-10-6-4-7-11-18/h4-15,29H,16H2,1-3H3. The number of H-pyrrole nitrogens is 1. The van der Waals surface area contributed by atoms with Crippen molar-refractivity contribution in [2.45, 2.75) is 27.2 Å². The molecule has 2 aromatic carbocycles. The van der Waals surface area contributed by atoms with Gasteiger partial charge in [0.2, 0.25) is 0 Å². The van der Waals surface area contributed by atoms with E-state index in [1.807, 2.05) is 66.7 Å². The van der Waals surface area contributed by atoms with E-state index in [2.05, 4.69) is 45.5 Å². The Balaban J connectivity index is 1.68. The molecule has 31 heavy (non-hydrogen) atoms. The number of aromatic nitrogens is 2. The Morgan fingerprint density at radius 2 is 1.58 bits per heavy atom. The van der Waals surface area contributed by atoms with Crippen LogP contribution < -0.4 is 5.56 Å². The number of allylic oxidation sites excluding steroid dienone is 3. The normalized spacial score (nSPS) is 16.0. The predicted molar refractivity (Wildman–Crippen MR) is 121 cm³/mol. The zero-order chi connectivity index (χ0) is 21.8. The molecule has 0 saturated carbocycles. The zero-order valence-corrected chi connectivity index (χ0v) is 17.8. The highest BCUT2D eigenvalue weighted by molar-refractivity contribution is 5.43. The van der Waals surface area contributed by atoms with Crippen molar-refractivity contribution in [1.29, 1.82) is 0 Å². The Morgan fingerprint density at radius 3 is 2.29 bits per heavy atom. The topological polar surface area (TPSA) is 87.2 Å². The number of nitrogens with zero attached hydrogens (tertiary/aromatic N) is 5. The summed E-state index contributed by atoms with van der Waals surface area (Å²) in [6.07, 6.45) is 4.65. The summed E-state index contributed by atoms with van der Waals surface area (Å²) in [6, 6.07) is 18.9. The lowest BCUT2D eigenvalue weighted by Crippen LogP contribution is -2.14. The number of aryl methyl sites for hydroxylation is 1. The fraction of sp³-hybridized carbons (Fsp3) is 0.208. The number of hydrogen-bond donors (Lipinski definition) is 1. The maximum Gasteiger partial charge on any atom is 0.299 e. The highest BCUT2D eigenvalue weighted by Crippen LogP contribution is 2.35. The van der Waals surface area contributed by atoms with Gasteiger partial charge >= 0.3 is 0 Å². The molecule has 3 aromatic rings. The summed E-state index contributed by atoms with van der Waals surface area (Å²) in [5.74, 6) is 0. The van der Waals surface area contributed by atoms with E-state index in [-0.39, 0.29) is 16.7 Å². The average Bonchev–Trinajstić information content (AvgIpc) is 3.06. The van der Waals surface area contributed by atoms with Gasteiger partial charge in [-0.2, -0.15) is 10.2 Å². The first-order valence-corrected chi connectivity index (χ1v) is 10.1. The van der Waals surface area contributed by atoms with E-state index in [1.165, 1.54) is 4.68 Å². The third-order valence-corrected chi connectivity index (χ3v) is 4.97. The van der Waals surface area contributed by atoms with Crippen molar-refractivity contribution in [2.24, 2.45) is 25.9 Å². The summed E-state index contributed by atoms with van der Waals surface area (Å²) in [7, 11) is 0. The molecule has 0 aliphatic heterocycles. The van der Waals surface area contributed by atoms with Crippen molar-refractivity contribution in [2.75, 3.05) is 0 Å². The fourth-order valence-electron chi connectivity index (χ4n) is 3.29. The molecular weight excluding hydrogens is 388 g/mol. The maximum absolute atomic E-state index is 12.9. The van der Waals surface area contributed by atoms with E-state index in [0.29, 0.717) is 17.8 Å². The van der Waals surface area contributed by atoms with Crippen LogP contribution in [0.4, 0.5) is 11.4 Å². The van der Waals surface area contributed by atoms with Gasteiger partial charge in [0, 0.05) is 6.42 Å². The van der Waals surface area contributed by atoms with Gasteiger partial charge in [0.1, 0.15) is 5.70 Å². The zero-order valence-electron chi connectivity index (χ0n) is 17.8. The van der Waals surface area contributed by atoms with Crippen molar-refractivity contribution in [3.8, 4) is 5.69 Å². The molecule has 1 heterocycles. The Hall–Kier alpha value is -3.87. The Kier molecular flexibility index (Phi) is 5.58. The second-order valence-electron chi connectivity index (χ2n) is 8.13. The van der Waals surface area contributed by atoms with Crippen molar-refractivity contribution >= 4 is 11.4 Å². The molecule has 1 aromatic heterocycles. The molecule has 1 aliphatic rings. The molecule has 0 saturated heterocycles. The van der Waals surface area contributed by atoms with Crippen molar-refractivity contribution in [1.82, 2.24) is 9.78 Å². The molecule has 1 aliphatic carbocycles. The van der Waals surface area contributed by atoms with Crippen LogP contribution in [0.25, 0.3) is 5.69 Å². The molecule has 156 valence electrons. The number of benzene rings is 2. The third kappa shape index (κ3) is 4.66. The summed E-state index contributed by atoms with van der Waals surface area (Å²) in [5, 5.41) is 20.5. The molecule has 7 heteroatoms. The van der Waals surface area contributed by atoms with Gasteiger partial charge in [-0.3, -0.25) is 9.89 Å². The van der Waals surface area contributed by atoms with Crippen molar-refractivity contribution in [3.63, 3.8) is 0 Å². The summed E-state index contributed by atoms with van der Waals surface area (Å²) >= 11 is 0. The molecule has 0 spiro atoms. The number of aromatic amines is 1. The molecule has 7 nitrogen and oxygen atoms in total. The Morgan fingerprint density at radius 1 is 0.903 bits per heavy atom. The van der Waals surface area contributed by atoms with Gasteiger partial charge in [0.25, 0.3) is 5.56 Å². The number of rotatable bonds is 5. The van der Waals surface area contributed by atoms with Crippen LogP contribution in [0.3, 0.4) is 0 Å². The van der Waals surface area contributed by atoms with E-state index in [9.17, 15) is 4.79 Å². The van der Waals surface area contributed by atoms with E-state index in [1.54, 1.807) is 6.92 Å². The largest absolute Gasteiger partial charge is 0.299 e. The summed E-state index contributed by atoms with van der Waals surface area (Å²) < 4.78 is 1.47. The highest BCUT2D eigenvalue weighted by atomic mass is 16.1. The lowest BCUT2D eigenvalue weighted by atomic mass is 9.84. The highest BCUT2D eigenvalue weighted by Gasteiger charge is 2.23. The molecule has 0 atom stereocenters. The van der Waals surface area contributed by atoms with Crippen LogP contribution in [-0.4, -0.2) is 9.78 Å². The first kappa shape index (κ1) is 20.4. The molecule has 0 amide bonds. The first-order chi connectivity index (χ1) is 14.9. The van der Waals surface area contributed by atoms with Gasteiger partial charge in [-0.15, -0.1) is 10.2 Å². The quantitative estimate of drug-likeness (QED) is 0.474. The Labute approximate surface area is 180 Å². The van der Waals surface area contributed by atoms with Crippen LogP contribution in [0.1, 0.15) is 26.0 Å². The van der Waals surface area contributed by atoms with Crippen LogP contribution in [0, 0.1) is 12.3 Å². The monoisotopic (exact) mass is 412 g/mol. The van der Waals surface area contributed by atoms with E-state index >= 15 is 0 Å². The lowest BCUT2D eigenvalue weighted by Gasteiger charge is -2.23. The molecular formula is C24H24N6O. The first-order valence-electron chi connectivity index (χ1n) is 10.1. The average molecular weight is 412 g/mol. The number of hydrogen-bond acceptors (Lipinski definition) is 5. The van der Waals surface area contributed by atoms with Crippen LogP contribution in [0.5, 0.6) is 0 Å². The summed E-state index contributed by atoms with van der Waals surface area (Å²) in [6.45, 7) is 6.06. The molecule has 0 fully saturated rings. The van der Waals surface area contributed by atoms with Crippen molar-refractivity contribution < 1.29 is 0 Å². The minimum Gasteiger partial charge on any atom is -0.293 e. The SMILES string of the molecule is Cc1[nH]n(-c2ccccc2)c(=O)c1N=NC1=C(N=Nc2ccccc2)CC(C)(C)C=C1. The number of azo groups is 2. The van der Waals surface area contributed by atoms with Crippen molar-refractivity contribution in [3.05, 3.63) is 100 Å². The molecule has 0 bridgehead atoms. The van der Waals surface area contributed by atoms with E-state index in [4.69, 9.17) is 0 Å². The summed E-state index contributed by atoms with van der Waals surface area (Å²) in [4.78, 5) is 12.9. The van der Waals surface area contributed by atoms with Gasteiger partial charge in [0.15, 0.2) is 5.69 Å². The summed E-state index contributed by atoms with van der Waals surface area (Å²) in [5.41, 5.74) is 3.45. The van der Waals surface area contributed by atoms with Gasteiger partial charge in [-0.1, -0.05) is 56.3 Å². The van der Waals surface area contributed by atoms with Gasteiger partial charge in [-0.25, -0.2) is 4.68 Å². The second-order valence-corrected chi connectivity index (χ2v) is 8.13. The minimum absolute atomic E-state index is 0.0614. The predicted octanol–water partition coefficient (Wildman–Crippen LogP) is 6.54. The maximum atomic E-state index is 12.9. The minimum atomic E-state index is -0.249. The Bertz CT molecular complexity index is 1240. The van der Waals surface area contributed by atoms with Crippen LogP contribution >= 0.6 is 0 Å². The number of para-hydroxylation sites is 1. The second kappa shape index (κ2) is 8.47. The van der Waals surface area contributed by atoms with E-state index < -0.39 is 0 Å². The molecule has 0 radical (unpaired) electrons. The van der Waals surface area contributed by atoms with Crippen LogP contribution in [0.2, 0.25) is 0 Å². The smallest absolute Gasteiger partial charge is 0.293 e. The molecule has 0 unspecified atom stereocenters. The third-order valence-electron chi connectivity index (χ3n) is 4.97. The molecule has 4 rings (SSSR count). The number of nitrogens with one attached hydrogen (secondary N) is 1. The lowest BCUT2D eigenvalue weighted by molar-refractivity contribution is 0.462. The van der Waals surface area contributed by atoms with Crippen LogP contribution in [-0.2, 0) is 0 Å². The molecule has 1 N–H and O–H groups in total. The van der Waals surface area contributed by atoms with Gasteiger partial charge in [0.05, 0.1) is 22.8 Å². The fourth-order valence-corrected chi connectivity index (χ4v) is 3.29. The van der Waals surface area contributed by atoms with E-state index in [0.717, 1.165) is 17.1 Å².